The minimum Gasteiger partial charge on any atom is -0.477 e. The Morgan fingerprint density at radius 2 is 2.35 bits per heavy atom. The van der Waals surface area contributed by atoms with Crippen LogP contribution in [0.25, 0.3) is 0 Å². The van der Waals surface area contributed by atoms with Gasteiger partial charge in [-0.05, 0) is 13.0 Å². The predicted molar refractivity (Wildman–Crippen MR) is 72.0 cm³/mol. The van der Waals surface area contributed by atoms with Crippen molar-refractivity contribution in [2.24, 2.45) is 5.92 Å². The van der Waals surface area contributed by atoms with Crippen molar-refractivity contribution in [1.82, 2.24) is 10.2 Å². The zero-order valence-corrected chi connectivity index (χ0v) is 11.9. The summed E-state index contributed by atoms with van der Waals surface area (Å²) in [6.07, 6.45) is 1.04. The number of nitrogens with one attached hydrogen (secondary N) is 1. The van der Waals surface area contributed by atoms with E-state index >= 15 is 0 Å². The van der Waals surface area contributed by atoms with Crippen LogP contribution in [0, 0.1) is 5.92 Å². The van der Waals surface area contributed by atoms with E-state index in [1.807, 2.05) is 6.92 Å². The van der Waals surface area contributed by atoms with Crippen LogP contribution in [0.2, 0.25) is 0 Å². The lowest BCUT2D eigenvalue weighted by Gasteiger charge is -2.43. The second-order valence-electron chi connectivity index (χ2n) is 5.84. The molecule has 4 rings (SSSR count). The van der Waals surface area contributed by atoms with Crippen molar-refractivity contribution in [3.63, 3.8) is 0 Å². The number of β-lactam (4-membered cyclic amide) rings is 1. The third-order valence-electron chi connectivity index (χ3n) is 4.66. The summed E-state index contributed by atoms with van der Waals surface area (Å²) < 4.78 is 5.34. The van der Waals surface area contributed by atoms with Gasteiger partial charge >= 0.3 is 5.97 Å². The van der Waals surface area contributed by atoms with Crippen LogP contribution in [0.3, 0.4) is 0 Å². The highest BCUT2D eigenvalue weighted by molar-refractivity contribution is 8.03. The summed E-state index contributed by atoms with van der Waals surface area (Å²) in [7, 11) is 0. The largest absolute Gasteiger partial charge is 0.477 e. The molecule has 0 bridgehead atoms. The quantitative estimate of drug-likeness (QED) is 0.564. The highest BCUT2D eigenvalue weighted by Crippen LogP contribution is 2.57. The summed E-state index contributed by atoms with van der Waals surface area (Å²) in [5.74, 6) is -1.13. The number of hydrogen-bond acceptors (Lipinski definition) is 5. The Balaban J connectivity index is 1.67. The van der Waals surface area contributed by atoms with Gasteiger partial charge in [0.05, 0.1) is 12.6 Å². The van der Waals surface area contributed by atoms with Crippen LogP contribution in [0.1, 0.15) is 13.3 Å². The van der Waals surface area contributed by atoms with Crippen LogP contribution in [0.5, 0.6) is 0 Å². The number of ether oxygens (including phenoxy) is 1. The van der Waals surface area contributed by atoms with Crippen molar-refractivity contribution >= 4 is 23.6 Å². The Hall–Kier alpha value is -1.05. The summed E-state index contributed by atoms with van der Waals surface area (Å²) in [5.41, 5.74) is -0.512. The van der Waals surface area contributed by atoms with Crippen LogP contribution >= 0.6 is 11.8 Å². The van der Waals surface area contributed by atoms with Crippen molar-refractivity contribution in [2.75, 3.05) is 19.7 Å². The molecule has 4 unspecified atom stereocenters. The Labute approximate surface area is 120 Å². The molecule has 0 aromatic rings. The fourth-order valence-corrected chi connectivity index (χ4v) is 5.03. The molecule has 4 atom stereocenters. The first kappa shape index (κ1) is 12.7. The van der Waals surface area contributed by atoms with E-state index in [0.717, 1.165) is 24.4 Å². The molecule has 1 spiro atoms. The molecule has 0 radical (unpaired) electrons. The number of carboxylic acids is 1. The summed E-state index contributed by atoms with van der Waals surface area (Å²) in [5, 5.41) is 13.2. The summed E-state index contributed by atoms with van der Waals surface area (Å²) >= 11 is 1.62. The van der Waals surface area contributed by atoms with Gasteiger partial charge in [0.2, 0.25) is 0 Å². The minimum absolute atomic E-state index is 0.0481. The van der Waals surface area contributed by atoms with Gasteiger partial charge in [-0.1, -0.05) is 6.92 Å². The van der Waals surface area contributed by atoms with Crippen molar-refractivity contribution in [2.45, 2.75) is 30.2 Å². The van der Waals surface area contributed by atoms with Crippen LogP contribution < -0.4 is 5.32 Å². The van der Waals surface area contributed by atoms with E-state index in [9.17, 15) is 14.7 Å². The van der Waals surface area contributed by atoms with Crippen molar-refractivity contribution in [3.05, 3.63) is 10.6 Å². The molecule has 0 aliphatic carbocycles. The molecule has 4 aliphatic rings. The lowest BCUT2D eigenvalue weighted by molar-refractivity contribution is -0.158. The van der Waals surface area contributed by atoms with E-state index in [4.69, 9.17) is 4.74 Å². The number of nitrogens with zero attached hydrogens (tertiary/aromatic N) is 1. The Morgan fingerprint density at radius 3 is 2.90 bits per heavy atom. The van der Waals surface area contributed by atoms with Gasteiger partial charge in [0.15, 0.2) is 5.60 Å². The molecule has 3 saturated heterocycles. The first-order valence-electron chi connectivity index (χ1n) is 6.89. The van der Waals surface area contributed by atoms with Crippen LogP contribution in [-0.4, -0.2) is 58.5 Å². The zero-order chi connectivity index (χ0) is 14.1. The predicted octanol–water partition coefficient (Wildman–Crippen LogP) is 0.00720. The van der Waals surface area contributed by atoms with E-state index in [1.54, 1.807) is 11.8 Å². The average molecular weight is 296 g/mol. The first-order valence-corrected chi connectivity index (χ1v) is 7.76. The molecule has 0 aromatic heterocycles. The number of amides is 1. The number of fused-ring (bicyclic) bond motifs is 2. The monoisotopic (exact) mass is 296 g/mol. The molecule has 6 nitrogen and oxygen atoms in total. The number of carbonyl (C=O) groups excluding carboxylic acids is 1. The van der Waals surface area contributed by atoms with Crippen molar-refractivity contribution < 1.29 is 19.4 Å². The second-order valence-corrected chi connectivity index (χ2v) is 7.18. The third-order valence-corrected chi connectivity index (χ3v) is 6.22. The lowest BCUT2D eigenvalue weighted by atomic mass is 9.82. The lowest BCUT2D eigenvalue weighted by Crippen LogP contribution is -2.67. The highest BCUT2D eigenvalue weighted by atomic mass is 32.2. The maximum Gasteiger partial charge on any atom is 0.353 e. The number of aliphatic carboxylic acids is 1. The van der Waals surface area contributed by atoms with Gasteiger partial charge in [-0.2, -0.15) is 0 Å². The maximum absolute atomic E-state index is 12.2. The Morgan fingerprint density at radius 1 is 1.60 bits per heavy atom. The molecule has 0 saturated carbocycles. The molecule has 7 heteroatoms. The van der Waals surface area contributed by atoms with Gasteiger partial charge in [-0.15, -0.1) is 11.8 Å². The summed E-state index contributed by atoms with van der Waals surface area (Å²) in [6.45, 7) is 4.32. The van der Waals surface area contributed by atoms with Crippen LogP contribution in [0.15, 0.2) is 10.6 Å². The second kappa shape index (κ2) is 3.99. The number of rotatable bonds is 3. The average Bonchev–Trinajstić information content (AvgIpc) is 3.00. The molecule has 1 amide bonds. The SMILES string of the molecule is CC1C(SC2CCNC2)=C(C(=O)O)N2C(=O)C3(CO3)C12. The number of carboxylic acid groups (broad SMARTS) is 1. The van der Waals surface area contributed by atoms with Gasteiger partial charge in [0.25, 0.3) is 5.91 Å². The molecular formula is C13H16N2O4S. The highest BCUT2D eigenvalue weighted by Gasteiger charge is 2.76. The van der Waals surface area contributed by atoms with Crippen molar-refractivity contribution in [1.29, 1.82) is 0 Å². The van der Waals surface area contributed by atoms with Gasteiger partial charge in [0.1, 0.15) is 5.70 Å². The fourth-order valence-electron chi connectivity index (χ4n) is 3.60. The van der Waals surface area contributed by atoms with Crippen LogP contribution in [0.4, 0.5) is 0 Å². The van der Waals surface area contributed by atoms with E-state index in [-0.39, 0.29) is 23.6 Å². The number of carbonyl (C=O) groups is 2. The van der Waals surface area contributed by atoms with Crippen molar-refractivity contribution in [3.8, 4) is 0 Å². The topological polar surface area (TPSA) is 82.2 Å². The normalized spacial score (nSPS) is 42.1. The molecular weight excluding hydrogens is 280 g/mol. The van der Waals surface area contributed by atoms with Gasteiger partial charge in [-0.3, -0.25) is 9.69 Å². The molecule has 0 aromatic carbocycles. The molecule has 108 valence electrons. The number of hydrogen-bond donors (Lipinski definition) is 2. The smallest absolute Gasteiger partial charge is 0.353 e. The molecule has 4 aliphatic heterocycles. The van der Waals surface area contributed by atoms with E-state index in [0.29, 0.717) is 11.9 Å². The van der Waals surface area contributed by atoms with Gasteiger partial charge in [0, 0.05) is 22.6 Å². The molecule has 3 fully saturated rings. The number of thioether (sulfide) groups is 1. The maximum atomic E-state index is 12.2. The van der Waals surface area contributed by atoms with E-state index in [2.05, 4.69) is 5.32 Å². The fraction of sp³-hybridized carbons (Fsp3) is 0.692. The zero-order valence-electron chi connectivity index (χ0n) is 11.1. The first-order chi connectivity index (χ1) is 9.56. The van der Waals surface area contributed by atoms with Crippen LogP contribution in [-0.2, 0) is 14.3 Å². The molecule has 20 heavy (non-hydrogen) atoms. The third kappa shape index (κ3) is 1.43. The van der Waals surface area contributed by atoms with Gasteiger partial charge in [-0.25, -0.2) is 4.79 Å². The molecule has 4 heterocycles. The standard InChI is InChI=1S/C13H16N2O4S/c1-6-9(20-7-2-3-14-4-7)8(11(16)17)15-10(6)13(5-19-13)12(15)18/h6-7,10,14H,2-5H2,1H3,(H,16,17). The Kier molecular flexibility index (Phi) is 2.53. The summed E-state index contributed by atoms with van der Waals surface area (Å²) in [4.78, 5) is 26.0. The minimum atomic E-state index is -1.00. The molecule has 2 N–H and O–H groups in total. The van der Waals surface area contributed by atoms with E-state index < -0.39 is 11.6 Å². The summed E-state index contributed by atoms with van der Waals surface area (Å²) in [6, 6.07) is -0.113. The van der Waals surface area contributed by atoms with E-state index in [1.165, 1.54) is 4.90 Å². The Bertz CT molecular complexity index is 536. The van der Waals surface area contributed by atoms with Gasteiger partial charge < -0.3 is 15.2 Å². The number of epoxide rings is 1.